The summed E-state index contributed by atoms with van der Waals surface area (Å²) in [6, 6.07) is 0. The van der Waals surface area contributed by atoms with E-state index in [1.807, 2.05) is 0 Å². The predicted octanol–water partition coefficient (Wildman–Crippen LogP) is 21.5. The first-order valence-corrected chi connectivity index (χ1v) is 31.6. The number of ether oxygens (including phenoxy) is 3. The minimum Gasteiger partial charge on any atom is -0.462 e. The Morgan fingerprint density at radius 3 is 0.824 bits per heavy atom. The van der Waals surface area contributed by atoms with Gasteiger partial charge in [0.15, 0.2) is 6.10 Å². The molecule has 0 aliphatic carbocycles. The van der Waals surface area contributed by atoms with Crippen LogP contribution in [-0.2, 0) is 28.6 Å². The van der Waals surface area contributed by atoms with Gasteiger partial charge >= 0.3 is 17.9 Å². The predicted molar refractivity (Wildman–Crippen MR) is 321 cm³/mol. The summed E-state index contributed by atoms with van der Waals surface area (Å²) in [6.07, 6.45) is 81.8. The molecule has 0 bridgehead atoms. The van der Waals surface area contributed by atoms with Gasteiger partial charge in [-0.3, -0.25) is 14.4 Å². The van der Waals surface area contributed by atoms with E-state index in [1.165, 1.54) is 161 Å². The highest BCUT2D eigenvalue weighted by atomic mass is 16.6. The minimum atomic E-state index is -0.777. The molecular formula is C68H118O6. The molecule has 1 atom stereocenters. The van der Waals surface area contributed by atoms with Crippen LogP contribution in [0.15, 0.2) is 85.1 Å². The number of allylic oxidation sites excluding steroid dienone is 14. The molecular weight excluding hydrogens is 913 g/mol. The largest absolute Gasteiger partial charge is 0.462 e. The van der Waals surface area contributed by atoms with E-state index in [0.717, 1.165) is 109 Å². The lowest BCUT2D eigenvalue weighted by Gasteiger charge is -2.18. The fraction of sp³-hybridized carbons (Fsp3) is 0.750. The highest BCUT2D eigenvalue weighted by molar-refractivity contribution is 5.71. The van der Waals surface area contributed by atoms with Crippen molar-refractivity contribution in [3.05, 3.63) is 85.1 Å². The van der Waals surface area contributed by atoms with Crippen molar-refractivity contribution in [2.75, 3.05) is 13.2 Å². The van der Waals surface area contributed by atoms with E-state index >= 15 is 0 Å². The summed E-state index contributed by atoms with van der Waals surface area (Å²) in [5, 5.41) is 0. The molecule has 74 heavy (non-hydrogen) atoms. The van der Waals surface area contributed by atoms with Gasteiger partial charge in [0.2, 0.25) is 0 Å². The van der Waals surface area contributed by atoms with Gasteiger partial charge in [-0.1, -0.05) is 298 Å². The fourth-order valence-electron chi connectivity index (χ4n) is 8.95. The van der Waals surface area contributed by atoms with Gasteiger partial charge in [-0.25, -0.2) is 0 Å². The summed E-state index contributed by atoms with van der Waals surface area (Å²) in [7, 11) is 0. The quantitative estimate of drug-likeness (QED) is 0.0261. The maximum Gasteiger partial charge on any atom is 0.306 e. The molecule has 0 aliphatic heterocycles. The van der Waals surface area contributed by atoms with Crippen LogP contribution in [0.25, 0.3) is 0 Å². The van der Waals surface area contributed by atoms with E-state index in [-0.39, 0.29) is 31.1 Å². The zero-order chi connectivity index (χ0) is 53.6. The summed E-state index contributed by atoms with van der Waals surface area (Å²) in [4.78, 5) is 38.1. The third kappa shape index (κ3) is 59.5. The third-order valence-corrected chi connectivity index (χ3v) is 13.7. The number of hydrogen-bond donors (Lipinski definition) is 0. The molecule has 0 radical (unpaired) electrons. The van der Waals surface area contributed by atoms with Crippen molar-refractivity contribution in [3.8, 4) is 0 Å². The highest BCUT2D eigenvalue weighted by Gasteiger charge is 2.19. The topological polar surface area (TPSA) is 78.9 Å². The van der Waals surface area contributed by atoms with E-state index < -0.39 is 6.10 Å². The van der Waals surface area contributed by atoms with Crippen LogP contribution in [0.4, 0.5) is 0 Å². The van der Waals surface area contributed by atoms with Gasteiger partial charge in [0.05, 0.1) is 0 Å². The van der Waals surface area contributed by atoms with Crippen molar-refractivity contribution in [2.45, 2.75) is 316 Å². The Labute approximate surface area is 458 Å². The molecule has 0 saturated heterocycles. The molecule has 0 aromatic rings. The SMILES string of the molecule is CC/C=C\C/C=C\C/C=C\C/C=C\C/C=C\C/C=C\C/C=C\CCCCCCCCCC(=O)OCC(COC(=O)CCCCCCCCC)OC(=O)CCCCCCCCCCCCCCCCCCCCCC. The van der Waals surface area contributed by atoms with E-state index in [4.69, 9.17) is 14.2 Å². The summed E-state index contributed by atoms with van der Waals surface area (Å²) in [5.74, 6) is -0.882. The number of rotatable bonds is 57. The smallest absolute Gasteiger partial charge is 0.306 e. The second-order valence-corrected chi connectivity index (χ2v) is 21.0. The lowest BCUT2D eigenvalue weighted by atomic mass is 10.0. The van der Waals surface area contributed by atoms with Gasteiger partial charge in [-0.15, -0.1) is 0 Å². The summed E-state index contributed by atoms with van der Waals surface area (Å²) >= 11 is 0. The molecule has 0 N–H and O–H groups in total. The zero-order valence-corrected chi connectivity index (χ0v) is 48.8. The van der Waals surface area contributed by atoms with Crippen LogP contribution >= 0.6 is 0 Å². The summed E-state index contributed by atoms with van der Waals surface area (Å²) in [5.41, 5.74) is 0. The number of carbonyl (C=O) groups is 3. The highest BCUT2D eigenvalue weighted by Crippen LogP contribution is 2.17. The van der Waals surface area contributed by atoms with Crippen LogP contribution in [0.1, 0.15) is 310 Å². The van der Waals surface area contributed by atoms with Crippen LogP contribution in [-0.4, -0.2) is 37.2 Å². The first-order chi connectivity index (χ1) is 36.5. The minimum absolute atomic E-state index is 0.0765. The van der Waals surface area contributed by atoms with E-state index in [9.17, 15) is 14.4 Å². The molecule has 6 heteroatoms. The van der Waals surface area contributed by atoms with E-state index in [0.29, 0.717) is 19.3 Å². The van der Waals surface area contributed by atoms with Crippen LogP contribution in [0.2, 0.25) is 0 Å². The van der Waals surface area contributed by atoms with Gasteiger partial charge in [-0.2, -0.15) is 0 Å². The number of hydrogen-bond acceptors (Lipinski definition) is 6. The molecule has 0 aliphatic rings. The van der Waals surface area contributed by atoms with E-state index in [2.05, 4.69) is 106 Å². The molecule has 0 amide bonds. The number of unbranched alkanes of at least 4 members (excludes halogenated alkanes) is 32. The summed E-state index contributed by atoms with van der Waals surface area (Å²) < 4.78 is 16.8. The molecule has 426 valence electrons. The van der Waals surface area contributed by atoms with Crippen molar-refractivity contribution < 1.29 is 28.6 Å². The molecule has 0 fully saturated rings. The lowest BCUT2D eigenvalue weighted by Crippen LogP contribution is -2.30. The van der Waals surface area contributed by atoms with Crippen molar-refractivity contribution in [2.24, 2.45) is 0 Å². The normalized spacial score (nSPS) is 12.6. The molecule has 0 spiro atoms. The first kappa shape index (κ1) is 70.6. The molecule has 0 rings (SSSR count). The van der Waals surface area contributed by atoms with Gasteiger partial charge in [0, 0.05) is 19.3 Å². The monoisotopic (exact) mass is 1030 g/mol. The van der Waals surface area contributed by atoms with Gasteiger partial charge < -0.3 is 14.2 Å². The van der Waals surface area contributed by atoms with E-state index in [1.54, 1.807) is 0 Å². The maximum atomic E-state index is 12.8. The van der Waals surface area contributed by atoms with Crippen molar-refractivity contribution in [3.63, 3.8) is 0 Å². The van der Waals surface area contributed by atoms with Crippen LogP contribution in [0.3, 0.4) is 0 Å². The average Bonchev–Trinajstić information content (AvgIpc) is 3.40. The summed E-state index contributed by atoms with van der Waals surface area (Å²) in [6.45, 7) is 6.51. The molecule has 0 heterocycles. The lowest BCUT2D eigenvalue weighted by molar-refractivity contribution is -0.167. The molecule has 0 aromatic heterocycles. The standard InChI is InChI=1S/C68H118O6/c1-4-7-10-13-16-18-20-22-24-26-28-30-31-32-33-34-35-36-37-38-40-41-43-45-47-49-52-55-58-61-67(70)73-64-65(63-72-66(69)60-57-54-51-15-12-9-6-3)74-68(71)62-59-56-53-50-48-46-44-42-39-29-27-25-23-21-19-17-14-11-8-5-2/h7,10,16,18,22,24,28,30,32-33,35-36,38,40,65H,4-6,8-9,11-15,17,19-21,23,25-27,29,31,34,37,39,41-64H2,1-3H3/b10-7-,18-16-,24-22-,30-28-,33-32-,36-35-,40-38-. The fourth-order valence-corrected chi connectivity index (χ4v) is 8.95. The average molecular weight is 1030 g/mol. The van der Waals surface area contributed by atoms with Crippen LogP contribution < -0.4 is 0 Å². The Hall–Kier alpha value is -3.41. The van der Waals surface area contributed by atoms with Crippen molar-refractivity contribution >= 4 is 17.9 Å². The Morgan fingerprint density at radius 2 is 0.527 bits per heavy atom. The molecule has 0 saturated carbocycles. The van der Waals surface area contributed by atoms with Gasteiger partial charge in [0.25, 0.3) is 0 Å². The Kier molecular flexibility index (Phi) is 59.3. The zero-order valence-electron chi connectivity index (χ0n) is 48.8. The molecule has 6 nitrogen and oxygen atoms in total. The second-order valence-electron chi connectivity index (χ2n) is 21.0. The van der Waals surface area contributed by atoms with Crippen LogP contribution in [0, 0.1) is 0 Å². The van der Waals surface area contributed by atoms with Crippen LogP contribution in [0.5, 0.6) is 0 Å². The van der Waals surface area contributed by atoms with Gasteiger partial charge in [-0.05, 0) is 77.0 Å². The Morgan fingerprint density at radius 1 is 0.284 bits per heavy atom. The Balaban J connectivity index is 4.16. The second kappa shape index (κ2) is 62.1. The number of carbonyl (C=O) groups excluding carboxylic acids is 3. The number of esters is 3. The maximum absolute atomic E-state index is 12.8. The Bertz CT molecular complexity index is 1420. The third-order valence-electron chi connectivity index (χ3n) is 13.7. The molecule has 0 aromatic carbocycles. The van der Waals surface area contributed by atoms with Gasteiger partial charge in [0.1, 0.15) is 13.2 Å². The first-order valence-electron chi connectivity index (χ1n) is 31.6. The van der Waals surface area contributed by atoms with Crippen molar-refractivity contribution in [1.82, 2.24) is 0 Å². The van der Waals surface area contributed by atoms with Crippen molar-refractivity contribution in [1.29, 1.82) is 0 Å². The molecule has 1 unspecified atom stereocenters.